The van der Waals surface area contributed by atoms with E-state index in [2.05, 4.69) is 18.8 Å². The second-order valence-electron chi connectivity index (χ2n) is 5.65. The Hall–Kier alpha value is -0.510. The van der Waals surface area contributed by atoms with E-state index in [1.165, 1.54) is 4.90 Å². The third kappa shape index (κ3) is 5.57. The van der Waals surface area contributed by atoms with Gasteiger partial charge in [-0.1, -0.05) is 6.42 Å². The smallest absolute Gasteiger partial charge is 0.229 e. The summed E-state index contributed by atoms with van der Waals surface area (Å²) in [5.74, 6) is 1.19. The number of hydrogen-bond acceptors (Lipinski definition) is 2. The maximum Gasteiger partial charge on any atom is 0.229 e. The highest BCUT2D eigenvalue weighted by Gasteiger charge is 2.22. The van der Waals surface area contributed by atoms with Gasteiger partial charge in [0, 0.05) is 19.4 Å². The molecule has 0 bridgehead atoms. The van der Waals surface area contributed by atoms with Crippen LogP contribution in [0.25, 0.3) is 0 Å². The third-order valence-electron chi connectivity index (χ3n) is 3.02. The standard InChI is InChI=1S/C13H25NO2S/c1-17(2,3)11-7-9-13(16)14-10-6-4-5-8-12(14)15/h4-11H2,1-3H3. The summed E-state index contributed by atoms with van der Waals surface area (Å²) in [6, 6.07) is 0. The molecule has 0 spiro atoms. The van der Waals surface area contributed by atoms with Gasteiger partial charge in [-0.15, -0.1) is 0 Å². The van der Waals surface area contributed by atoms with E-state index < -0.39 is 10.0 Å². The Labute approximate surface area is 106 Å². The largest absolute Gasteiger partial charge is 0.283 e. The van der Waals surface area contributed by atoms with Crippen molar-refractivity contribution in [2.24, 2.45) is 0 Å². The monoisotopic (exact) mass is 259 g/mol. The first-order valence-corrected chi connectivity index (χ1v) is 9.42. The van der Waals surface area contributed by atoms with Crippen molar-refractivity contribution in [2.75, 3.05) is 31.1 Å². The van der Waals surface area contributed by atoms with E-state index in [0.717, 1.165) is 31.4 Å². The van der Waals surface area contributed by atoms with Gasteiger partial charge in [-0.25, -0.2) is 10.0 Å². The van der Waals surface area contributed by atoms with E-state index in [0.29, 0.717) is 19.4 Å². The lowest BCUT2D eigenvalue weighted by Crippen LogP contribution is -2.36. The Kier molecular flexibility index (Phi) is 5.50. The van der Waals surface area contributed by atoms with Crippen molar-refractivity contribution in [1.82, 2.24) is 4.90 Å². The van der Waals surface area contributed by atoms with Gasteiger partial charge in [-0.05, 0) is 43.8 Å². The molecule has 0 saturated carbocycles. The minimum absolute atomic E-state index is 0.0376. The molecule has 17 heavy (non-hydrogen) atoms. The first-order chi connectivity index (χ1) is 7.90. The molecule has 0 N–H and O–H groups in total. The molecule has 4 heteroatoms. The fourth-order valence-electron chi connectivity index (χ4n) is 2.04. The van der Waals surface area contributed by atoms with Crippen LogP contribution in [0.1, 0.15) is 38.5 Å². The van der Waals surface area contributed by atoms with Crippen molar-refractivity contribution in [1.29, 1.82) is 0 Å². The Morgan fingerprint density at radius 1 is 1.24 bits per heavy atom. The molecule has 0 aliphatic carbocycles. The third-order valence-corrected chi connectivity index (χ3v) is 4.54. The van der Waals surface area contributed by atoms with Crippen LogP contribution in [0.2, 0.25) is 0 Å². The molecular formula is C13H25NO2S. The van der Waals surface area contributed by atoms with Crippen LogP contribution in [-0.4, -0.2) is 47.8 Å². The van der Waals surface area contributed by atoms with Crippen LogP contribution in [0.4, 0.5) is 0 Å². The number of likely N-dealkylation sites (tertiary alicyclic amines) is 1. The van der Waals surface area contributed by atoms with Crippen LogP contribution in [0.3, 0.4) is 0 Å². The summed E-state index contributed by atoms with van der Waals surface area (Å²) in [5, 5.41) is 0. The minimum atomic E-state index is -0.527. The number of nitrogens with zero attached hydrogens (tertiary/aromatic N) is 1. The minimum Gasteiger partial charge on any atom is -0.283 e. The van der Waals surface area contributed by atoms with Gasteiger partial charge in [0.2, 0.25) is 11.8 Å². The molecule has 0 radical (unpaired) electrons. The summed E-state index contributed by atoms with van der Waals surface area (Å²) < 4.78 is 0. The zero-order valence-corrected chi connectivity index (χ0v) is 12.1. The van der Waals surface area contributed by atoms with E-state index in [1.54, 1.807) is 0 Å². The molecule has 0 aromatic rings. The van der Waals surface area contributed by atoms with Crippen molar-refractivity contribution in [2.45, 2.75) is 38.5 Å². The lowest BCUT2D eigenvalue weighted by Gasteiger charge is -2.25. The van der Waals surface area contributed by atoms with Crippen LogP contribution in [0.5, 0.6) is 0 Å². The van der Waals surface area contributed by atoms with Gasteiger partial charge in [0.25, 0.3) is 0 Å². The number of amides is 2. The fourth-order valence-corrected chi connectivity index (χ4v) is 3.05. The number of imide groups is 1. The number of carbonyl (C=O) groups excluding carboxylic acids is 2. The van der Waals surface area contributed by atoms with Gasteiger partial charge < -0.3 is 0 Å². The molecule has 1 heterocycles. The normalized spacial score (nSPS) is 19.0. The maximum absolute atomic E-state index is 12.0. The maximum atomic E-state index is 12.0. The second-order valence-corrected chi connectivity index (χ2v) is 10.2. The molecule has 1 rings (SSSR count). The van der Waals surface area contributed by atoms with Gasteiger partial charge in [0.05, 0.1) is 0 Å². The van der Waals surface area contributed by atoms with Gasteiger partial charge >= 0.3 is 0 Å². The summed E-state index contributed by atoms with van der Waals surface area (Å²) in [5.41, 5.74) is 0. The summed E-state index contributed by atoms with van der Waals surface area (Å²) in [6.45, 7) is 0.639. The van der Waals surface area contributed by atoms with E-state index in [1.807, 2.05) is 0 Å². The zero-order chi connectivity index (χ0) is 12.9. The Bertz CT molecular complexity index is 284. The van der Waals surface area contributed by atoms with Crippen molar-refractivity contribution < 1.29 is 9.59 Å². The van der Waals surface area contributed by atoms with Crippen LogP contribution in [0.15, 0.2) is 0 Å². The second kappa shape index (κ2) is 6.43. The molecule has 2 amide bonds. The average molecular weight is 259 g/mol. The van der Waals surface area contributed by atoms with E-state index in [4.69, 9.17) is 0 Å². The fraction of sp³-hybridized carbons (Fsp3) is 0.846. The van der Waals surface area contributed by atoms with E-state index in [9.17, 15) is 9.59 Å². The Morgan fingerprint density at radius 3 is 2.59 bits per heavy atom. The van der Waals surface area contributed by atoms with Crippen molar-refractivity contribution >= 4 is 21.8 Å². The van der Waals surface area contributed by atoms with Crippen LogP contribution >= 0.6 is 10.0 Å². The summed E-state index contributed by atoms with van der Waals surface area (Å²) in [6.07, 6.45) is 11.8. The van der Waals surface area contributed by atoms with Crippen molar-refractivity contribution in [3.8, 4) is 0 Å². The SMILES string of the molecule is CS(C)(C)CCCC(=O)N1CCCCCC1=O. The zero-order valence-electron chi connectivity index (χ0n) is 11.3. The van der Waals surface area contributed by atoms with Crippen molar-refractivity contribution in [3.05, 3.63) is 0 Å². The molecule has 100 valence electrons. The predicted molar refractivity (Wildman–Crippen MR) is 74.7 cm³/mol. The predicted octanol–water partition coefficient (Wildman–Crippen LogP) is 2.39. The molecule has 3 nitrogen and oxygen atoms in total. The van der Waals surface area contributed by atoms with Gasteiger partial charge in [0.15, 0.2) is 0 Å². The van der Waals surface area contributed by atoms with E-state index >= 15 is 0 Å². The molecule has 1 aliphatic rings. The molecule has 0 atom stereocenters. The van der Waals surface area contributed by atoms with Crippen LogP contribution in [0, 0.1) is 0 Å². The number of hydrogen-bond donors (Lipinski definition) is 0. The molecule has 1 fully saturated rings. The van der Waals surface area contributed by atoms with Gasteiger partial charge in [-0.2, -0.15) is 0 Å². The summed E-state index contributed by atoms with van der Waals surface area (Å²) in [7, 11) is -0.527. The van der Waals surface area contributed by atoms with Crippen LogP contribution in [-0.2, 0) is 9.59 Å². The highest BCUT2D eigenvalue weighted by molar-refractivity contribution is 8.32. The molecule has 0 unspecified atom stereocenters. The molecule has 0 aromatic carbocycles. The Morgan fingerprint density at radius 2 is 1.94 bits per heavy atom. The first-order valence-electron chi connectivity index (χ1n) is 6.39. The molecule has 1 aliphatic heterocycles. The quantitative estimate of drug-likeness (QED) is 0.777. The highest BCUT2D eigenvalue weighted by atomic mass is 32.3. The highest BCUT2D eigenvalue weighted by Crippen LogP contribution is 2.35. The topological polar surface area (TPSA) is 37.4 Å². The van der Waals surface area contributed by atoms with Gasteiger partial charge in [0.1, 0.15) is 0 Å². The molecule has 1 saturated heterocycles. The summed E-state index contributed by atoms with van der Waals surface area (Å²) in [4.78, 5) is 25.2. The van der Waals surface area contributed by atoms with Gasteiger partial charge in [-0.3, -0.25) is 14.5 Å². The average Bonchev–Trinajstić information content (AvgIpc) is 2.40. The lowest BCUT2D eigenvalue weighted by molar-refractivity contribution is -0.144. The summed E-state index contributed by atoms with van der Waals surface area (Å²) >= 11 is 0. The number of rotatable bonds is 4. The number of carbonyl (C=O) groups is 2. The van der Waals surface area contributed by atoms with Crippen molar-refractivity contribution in [3.63, 3.8) is 0 Å². The first kappa shape index (κ1) is 14.6. The molecule has 0 aromatic heterocycles. The molecular weight excluding hydrogens is 234 g/mol. The van der Waals surface area contributed by atoms with E-state index in [-0.39, 0.29) is 11.8 Å². The lowest BCUT2D eigenvalue weighted by atomic mass is 10.2. The Balaban J connectivity index is 2.38. The van der Waals surface area contributed by atoms with Crippen LogP contribution < -0.4 is 0 Å².